The number of ether oxygens (including phenoxy) is 2. The van der Waals surface area contributed by atoms with Gasteiger partial charge in [-0.2, -0.15) is 0 Å². The van der Waals surface area contributed by atoms with Gasteiger partial charge in [-0.1, -0.05) is 18.2 Å². The van der Waals surface area contributed by atoms with E-state index in [2.05, 4.69) is 10.6 Å². The van der Waals surface area contributed by atoms with Crippen LogP contribution in [0.1, 0.15) is 51.7 Å². The van der Waals surface area contributed by atoms with Crippen LogP contribution in [0.3, 0.4) is 0 Å². The van der Waals surface area contributed by atoms with Crippen molar-refractivity contribution in [3.05, 3.63) is 65.5 Å². The van der Waals surface area contributed by atoms with Crippen LogP contribution in [-0.4, -0.2) is 90.2 Å². The van der Waals surface area contributed by atoms with Gasteiger partial charge in [-0.15, -0.1) is 0 Å². The zero-order valence-electron chi connectivity index (χ0n) is 23.1. The SMILES string of the molecule is COCCCn1c(C2CCCN(C(=O)[C@@H]3CN(C(=O)c4cccc(C(=O)OC)c4)C[C@H]3N)C2)nc2ccccc21. The molecule has 0 saturated carbocycles. The first-order valence-electron chi connectivity index (χ1n) is 13.9. The number of aromatic nitrogens is 2. The topological polar surface area (TPSA) is 120 Å². The van der Waals surface area contributed by atoms with Crippen LogP contribution in [0.4, 0.5) is 0 Å². The van der Waals surface area contributed by atoms with E-state index >= 15 is 0 Å². The summed E-state index contributed by atoms with van der Waals surface area (Å²) in [5.41, 5.74) is 9.17. The molecule has 2 N–H and O–H groups in total. The minimum absolute atomic E-state index is 0.0159. The van der Waals surface area contributed by atoms with Crippen LogP contribution < -0.4 is 5.73 Å². The molecule has 2 aliphatic rings. The molecule has 2 aliphatic heterocycles. The van der Waals surface area contributed by atoms with Crippen molar-refractivity contribution in [3.8, 4) is 0 Å². The Labute approximate surface area is 234 Å². The Bertz CT molecular complexity index is 1390. The maximum absolute atomic E-state index is 13.7. The molecule has 0 bridgehead atoms. The molecule has 3 aromatic rings. The standard InChI is InChI=1S/C30H37N5O5/c1-39-15-7-14-35-26-12-4-3-11-25(26)32-27(35)22-10-6-13-33(17-22)29(37)23-18-34(19-24(23)31)28(36)20-8-5-9-21(16-20)30(38)40-2/h3-5,8-9,11-12,16,22-24H,6-7,10,13-15,17-19,31H2,1-2H3/t22?,23-,24-/m1/s1. The summed E-state index contributed by atoms with van der Waals surface area (Å²) in [4.78, 5) is 47.4. The van der Waals surface area contributed by atoms with Crippen LogP contribution in [0.2, 0.25) is 0 Å². The fraction of sp³-hybridized carbons (Fsp3) is 0.467. The zero-order valence-corrected chi connectivity index (χ0v) is 23.1. The van der Waals surface area contributed by atoms with Gasteiger partial charge in [-0.25, -0.2) is 9.78 Å². The summed E-state index contributed by atoms with van der Waals surface area (Å²) in [6, 6.07) is 14.1. The number of nitrogens with two attached hydrogens (primary N) is 1. The van der Waals surface area contributed by atoms with E-state index in [0.717, 1.165) is 42.7 Å². The number of rotatable bonds is 8. The number of amides is 2. The Morgan fingerprint density at radius 3 is 2.60 bits per heavy atom. The fourth-order valence-electron chi connectivity index (χ4n) is 5.97. The smallest absolute Gasteiger partial charge is 0.337 e. The number of para-hydroxylation sites is 2. The van der Waals surface area contributed by atoms with Crippen molar-refractivity contribution in [3.63, 3.8) is 0 Å². The van der Waals surface area contributed by atoms with Crippen LogP contribution >= 0.6 is 0 Å². The van der Waals surface area contributed by atoms with Crippen molar-refractivity contribution in [1.82, 2.24) is 19.4 Å². The molecule has 1 unspecified atom stereocenters. The van der Waals surface area contributed by atoms with Gasteiger partial charge in [0.25, 0.3) is 5.91 Å². The van der Waals surface area contributed by atoms with Gasteiger partial charge < -0.3 is 29.6 Å². The molecule has 2 amide bonds. The number of hydrogen-bond acceptors (Lipinski definition) is 7. The number of benzene rings is 2. The van der Waals surface area contributed by atoms with Gasteiger partial charge in [-0.3, -0.25) is 9.59 Å². The molecule has 10 nitrogen and oxygen atoms in total. The van der Waals surface area contributed by atoms with Crippen molar-refractivity contribution < 1.29 is 23.9 Å². The second-order valence-electron chi connectivity index (χ2n) is 10.6. The van der Waals surface area contributed by atoms with Crippen molar-refractivity contribution in [2.45, 2.75) is 37.8 Å². The number of carbonyl (C=O) groups excluding carboxylic acids is 3. The summed E-state index contributed by atoms with van der Waals surface area (Å²) < 4.78 is 12.3. The predicted molar refractivity (Wildman–Crippen MR) is 150 cm³/mol. The van der Waals surface area contributed by atoms with Gasteiger partial charge in [0.2, 0.25) is 5.91 Å². The molecule has 5 rings (SSSR count). The quantitative estimate of drug-likeness (QED) is 0.340. The number of likely N-dealkylation sites (tertiary alicyclic amines) is 2. The Hall–Kier alpha value is -3.76. The molecule has 40 heavy (non-hydrogen) atoms. The van der Waals surface area contributed by atoms with Crippen LogP contribution in [0.5, 0.6) is 0 Å². The third-order valence-electron chi connectivity index (χ3n) is 8.01. The summed E-state index contributed by atoms with van der Waals surface area (Å²) in [6.45, 7) is 3.24. The maximum Gasteiger partial charge on any atom is 0.337 e. The number of esters is 1. The highest BCUT2D eigenvalue weighted by Gasteiger charge is 2.41. The van der Waals surface area contributed by atoms with E-state index in [0.29, 0.717) is 30.8 Å². The number of carbonyl (C=O) groups is 3. The van der Waals surface area contributed by atoms with Crippen molar-refractivity contribution in [1.29, 1.82) is 0 Å². The van der Waals surface area contributed by atoms with Crippen LogP contribution in [0.25, 0.3) is 11.0 Å². The third kappa shape index (κ3) is 5.59. The summed E-state index contributed by atoms with van der Waals surface area (Å²) in [5, 5.41) is 0. The van der Waals surface area contributed by atoms with E-state index in [1.165, 1.54) is 13.2 Å². The van der Waals surface area contributed by atoms with Crippen molar-refractivity contribution in [2.24, 2.45) is 11.7 Å². The summed E-state index contributed by atoms with van der Waals surface area (Å²) in [5.74, 6) is -0.132. The molecule has 2 aromatic carbocycles. The van der Waals surface area contributed by atoms with E-state index in [1.807, 2.05) is 23.1 Å². The Morgan fingerprint density at radius 2 is 1.80 bits per heavy atom. The normalized spacial score (nSPS) is 21.1. The molecule has 0 spiro atoms. The van der Waals surface area contributed by atoms with Gasteiger partial charge in [0.05, 0.1) is 29.6 Å². The zero-order chi connectivity index (χ0) is 28.2. The van der Waals surface area contributed by atoms with Crippen LogP contribution in [0.15, 0.2) is 48.5 Å². The van der Waals surface area contributed by atoms with E-state index in [-0.39, 0.29) is 30.8 Å². The third-order valence-corrected chi connectivity index (χ3v) is 8.01. The first kappa shape index (κ1) is 27.8. The number of methoxy groups -OCH3 is 2. The fourth-order valence-corrected chi connectivity index (χ4v) is 5.97. The first-order chi connectivity index (χ1) is 19.4. The Kier molecular flexibility index (Phi) is 8.46. The number of hydrogen-bond donors (Lipinski definition) is 1. The number of nitrogens with zero attached hydrogens (tertiary/aromatic N) is 4. The lowest BCUT2D eigenvalue weighted by Gasteiger charge is -2.35. The van der Waals surface area contributed by atoms with Gasteiger partial charge >= 0.3 is 5.97 Å². The molecule has 1 aromatic heterocycles. The molecule has 3 atom stereocenters. The number of fused-ring (bicyclic) bond motifs is 1. The minimum atomic E-state index is -0.507. The van der Waals surface area contributed by atoms with E-state index < -0.39 is 17.9 Å². The lowest BCUT2D eigenvalue weighted by molar-refractivity contribution is -0.136. The highest BCUT2D eigenvalue weighted by molar-refractivity contribution is 5.98. The Morgan fingerprint density at radius 1 is 1.00 bits per heavy atom. The Balaban J connectivity index is 1.29. The van der Waals surface area contributed by atoms with Gasteiger partial charge in [-0.05, 0) is 49.6 Å². The van der Waals surface area contributed by atoms with Crippen LogP contribution in [0, 0.1) is 5.92 Å². The average molecular weight is 548 g/mol. The second kappa shape index (κ2) is 12.2. The molecule has 212 valence electrons. The highest BCUT2D eigenvalue weighted by Crippen LogP contribution is 2.31. The largest absolute Gasteiger partial charge is 0.465 e. The highest BCUT2D eigenvalue weighted by atomic mass is 16.5. The average Bonchev–Trinajstić information content (AvgIpc) is 3.57. The van der Waals surface area contributed by atoms with Gasteiger partial charge in [0.1, 0.15) is 5.82 Å². The van der Waals surface area contributed by atoms with E-state index in [4.69, 9.17) is 20.2 Å². The predicted octanol–water partition coefficient (Wildman–Crippen LogP) is 2.66. The molecule has 3 heterocycles. The second-order valence-corrected chi connectivity index (χ2v) is 10.6. The van der Waals surface area contributed by atoms with Gasteiger partial charge in [0, 0.05) is 64.0 Å². The minimum Gasteiger partial charge on any atom is -0.465 e. The lowest BCUT2D eigenvalue weighted by atomic mass is 9.94. The number of imidazole rings is 1. The van der Waals surface area contributed by atoms with E-state index in [1.54, 1.807) is 30.2 Å². The van der Waals surface area contributed by atoms with Crippen LogP contribution in [-0.2, 0) is 20.8 Å². The summed E-state index contributed by atoms with van der Waals surface area (Å²) in [7, 11) is 3.01. The lowest BCUT2D eigenvalue weighted by Crippen LogP contribution is -2.47. The molecule has 2 saturated heterocycles. The number of aryl methyl sites for hydroxylation is 1. The van der Waals surface area contributed by atoms with Gasteiger partial charge in [0.15, 0.2) is 0 Å². The summed E-state index contributed by atoms with van der Waals surface area (Å²) >= 11 is 0. The molecular formula is C30H37N5O5. The van der Waals surface area contributed by atoms with Crippen molar-refractivity contribution in [2.75, 3.05) is 47.0 Å². The first-order valence-corrected chi connectivity index (χ1v) is 13.9. The monoisotopic (exact) mass is 547 g/mol. The molecular weight excluding hydrogens is 510 g/mol. The van der Waals surface area contributed by atoms with Crippen molar-refractivity contribution >= 4 is 28.8 Å². The molecule has 0 aliphatic carbocycles. The maximum atomic E-state index is 13.7. The molecule has 2 fully saturated rings. The number of piperidine rings is 1. The summed E-state index contributed by atoms with van der Waals surface area (Å²) in [6.07, 6.45) is 2.71. The molecule has 0 radical (unpaired) electrons. The molecule has 10 heteroatoms. The van der Waals surface area contributed by atoms with E-state index in [9.17, 15) is 14.4 Å².